The average Bonchev–Trinajstić information content (AvgIpc) is 2.76. The Morgan fingerprint density at radius 2 is 1.78 bits per heavy atom. The molecule has 0 radical (unpaired) electrons. The topological polar surface area (TPSA) is 12.0 Å². The van der Waals surface area contributed by atoms with Crippen molar-refractivity contribution in [3.63, 3.8) is 0 Å². The first kappa shape index (κ1) is 13.5. The van der Waals surface area contributed by atoms with Gasteiger partial charge in [-0.2, -0.15) is 0 Å². The monoisotopic (exact) mass is 245 g/mol. The Morgan fingerprint density at radius 3 is 2.33 bits per heavy atom. The molecule has 1 nitrogen and oxygen atoms in total. The van der Waals surface area contributed by atoms with E-state index in [0.29, 0.717) is 6.04 Å². The quantitative estimate of drug-likeness (QED) is 0.792. The Kier molecular flexibility index (Phi) is 3.99. The van der Waals surface area contributed by atoms with Gasteiger partial charge in [0.2, 0.25) is 0 Å². The molecule has 1 N–H and O–H groups in total. The summed E-state index contributed by atoms with van der Waals surface area (Å²) >= 11 is 0. The van der Waals surface area contributed by atoms with Crippen LogP contribution in [0.25, 0.3) is 0 Å². The van der Waals surface area contributed by atoms with Gasteiger partial charge in [-0.3, -0.25) is 0 Å². The van der Waals surface area contributed by atoms with Gasteiger partial charge in [-0.15, -0.1) is 0 Å². The van der Waals surface area contributed by atoms with E-state index >= 15 is 0 Å². The van der Waals surface area contributed by atoms with Crippen molar-refractivity contribution in [1.29, 1.82) is 0 Å². The van der Waals surface area contributed by atoms with Gasteiger partial charge < -0.3 is 5.32 Å². The van der Waals surface area contributed by atoms with Gasteiger partial charge in [0.1, 0.15) is 0 Å². The van der Waals surface area contributed by atoms with Gasteiger partial charge in [-0.05, 0) is 41.9 Å². The maximum Gasteiger partial charge on any atom is 0.0342 e. The van der Waals surface area contributed by atoms with E-state index in [2.05, 4.69) is 57.3 Å². The number of benzene rings is 1. The van der Waals surface area contributed by atoms with E-state index in [1.807, 2.05) is 0 Å². The van der Waals surface area contributed by atoms with Gasteiger partial charge in [0.25, 0.3) is 0 Å². The highest BCUT2D eigenvalue weighted by Crippen LogP contribution is 2.31. The molecule has 1 heteroatoms. The molecule has 1 fully saturated rings. The summed E-state index contributed by atoms with van der Waals surface area (Å²) in [5, 5.41) is 3.72. The van der Waals surface area contributed by atoms with Crippen molar-refractivity contribution in [1.82, 2.24) is 0 Å². The zero-order valence-corrected chi connectivity index (χ0v) is 12.3. The maximum atomic E-state index is 3.72. The van der Waals surface area contributed by atoms with Crippen LogP contribution in [0.15, 0.2) is 24.3 Å². The smallest absolute Gasteiger partial charge is 0.0342 e. The molecule has 0 amide bonds. The van der Waals surface area contributed by atoms with Crippen LogP contribution in [0.1, 0.15) is 58.9 Å². The molecular formula is C17H27N. The Hall–Kier alpha value is -0.980. The number of rotatable bonds is 3. The molecule has 2 atom stereocenters. The molecular weight excluding hydrogens is 218 g/mol. The minimum Gasteiger partial charge on any atom is -0.382 e. The summed E-state index contributed by atoms with van der Waals surface area (Å²) in [4.78, 5) is 0. The van der Waals surface area contributed by atoms with Crippen LogP contribution < -0.4 is 5.32 Å². The highest BCUT2D eigenvalue weighted by Gasteiger charge is 2.25. The number of anilines is 1. The van der Waals surface area contributed by atoms with Gasteiger partial charge in [-0.1, -0.05) is 52.7 Å². The minimum absolute atomic E-state index is 0.248. The molecule has 100 valence electrons. The van der Waals surface area contributed by atoms with Crippen LogP contribution in [0.3, 0.4) is 0 Å². The van der Waals surface area contributed by atoms with Crippen LogP contribution in [-0.4, -0.2) is 6.04 Å². The van der Waals surface area contributed by atoms with Crippen molar-refractivity contribution in [2.75, 3.05) is 5.32 Å². The number of nitrogens with one attached hydrogen (secondary N) is 1. The summed E-state index contributed by atoms with van der Waals surface area (Å²) in [5.41, 5.74) is 2.94. The zero-order chi connectivity index (χ0) is 13.2. The first-order chi connectivity index (χ1) is 8.50. The highest BCUT2D eigenvalue weighted by molar-refractivity contribution is 5.46. The van der Waals surface area contributed by atoms with Crippen molar-refractivity contribution in [2.45, 2.75) is 64.8 Å². The molecule has 0 heterocycles. The van der Waals surface area contributed by atoms with Crippen molar-refractivity contribution in [2.24, 2.45) is 5.92 Å². The first-order valence-electron chi connectivity index (χ1n) is 7.38. The van der Waals surface area contributed by atoms with Gasteiger partial charge in [-0.25, -0.2) is 0 Å². The molecule has 1 aromatic carbocycles. The summed E-state index contributed by atoms with van der Waals surface area (Å²) in [7, 11) is 0. The minimum atomic E-state index is 0.248. The van der Waals surface area contributed by atoms with E-state index in [1.165, 1.54) is 36.9 Å². The van der Waals surface area contributed by atoms with Crippen LogP contribution >= 0.6 is 0 Å². The van der Waals surface area contributed by atoms with Gasteiger partial charge in [0.05, 0.1) is 0 Å². The largest absolute Gasteiger partial charge is 0.382 e. The molecule has 1 aliphatic rings. The highest BCUT2D eigenvalue weighted by atomic mass is 14.9. The summed E-state index contributed by atoms with van der Waals surface area (Å²) in [5.74, 6) is 0.868. The van der Waals surface area contributed by atoms with Crippen LogP contribution in [0, 0.1) is 5.92 Å². The van der Waals surface area contributed by atoms with E-state index in [0.717, 1.165) is 5.92 Å². The van der Waals surface area contributed by atoms with E-state index in [1.54, 1.807) is 0 Å². The second-order valence-corrected chi connectivity index (χ2v) is 6.68. The summed E-state index contributed by atoms with van der Waals surface area (Å²) in [6, 6.07) is 9.70. The third-order valence-corrected chi connectivity index (χ3v) is 4.29. The fourth-order valence-electron chi connectivity index (χ4n) is 3.00. The fourth-order valence-corrected chi connectivity index (χ4v) is 3.00. The first-order valence-corrected chi connectivity index (χ1v) is 7.38. The summed E-state index contributed by atoms with van der Waals surface area (Å²) in [6.07, 6.45) is 5.42. The van der Waals surface area contributed by atoms with Crippen LogP contribution in [0.4, 0.5) is 5.69 Å². The van der Waals surface area contributed by atoms with Crippen LogP contribution in [0.2, 0.25) is 0 Å². The third kappa shape index (κ3) is 3.07. The SMILES string of the molecule is CCC1CCCC1Nc1ccc(C(C)(C)C)cc1. The Labute approximate surface area is 112 Å². The van der Waals surface area contributed by atoms with Gasteiger partial charge in [0.15, 0.2) is 0 Å². The molecule has 0 saturated heterocycles. The lowest BCUT2D eigenvalue weighted by Gasteiger charge is -2.23. The lowest BCUT2D eigenvalue weighted by atomic mass is 9.87. The zero-order valence-electron chi connectivity index (χ0n) is 12.3. The average molecular weight is 245 g/mol. The van der Waals surface area contributed by atoms with E-state index in [9.17, 15) is 0 Å². The molecule has 2 unspecified atom stereocenters. The van der Waals surface area contributed by atoms with E-state index < -0.39 is 0 Å². The molecule has 1 aromatic rings. The molecule has 0 bridgehead atoms. The van der Waals surface area contributed by atoms with Gasteiger partial charge >= 0.3 is 0 Å². The molecule has 0 aromatic heterocycles. The molecule has 18 heavy (non-hydrogen) atoms. The maximum absolute atomic E-state index is 3.72. The van der Waals surface area contributed by atoms with Crippen LogP contribution in [0.5, 0.6) is 0 Å². The summed E-state index contributed by atoms with van der Waals surface area (Å²) < 4.78 is 0. The normalized spacial score (nSPS) is 24.2. The standard InChI is InChI=1S/C17H27N/c1-5-13-7-6-8-16(13)18-15-11-9-14(10-12-15)17(2,3)4/h9-13,16,18H,5-8H2,1-4H3. The predicted molar refractivity (Wildman–Crippen MR) is 80.2 cm³/mol. The van der Waals surface area contributed by atoms with Gasteiger partial charge in [0, 0.05) is 11.7 Å². The number of hydrogen-bond acceptors (Lipinski definition) is 1. The Balaban J connectivity index is 2.02. The van der Waals surface area contributed by atoms with E-state index in [4.69, 9.17) is 0 Å². The summed E-state index contributed by atoms with van der Waals surface area (Å²) in [6.45, 7) is 9.10. The molecule has 0 spiro atoms. The lowest BCUT2D eigenvalue weighted by Crippen LogP contribution is -2.23. The molecule has 2 rings (SSSR count). The van der Waals surface area contributed by atoms with Crippen molar-refractivity contribution >= 4 is 5.69 Å². The van der Waals surface area contributed by atoms with Crippen LogP contribution in [-0.2, 0) is 5.41 Å². The predicted octanol–water partition coefficient (Wildman–Crippen LogP) is 4.97. The van der Waals surface area contributed by atoms with Crippen molar-refractivity contribution < 1.29 is 0 Å². The fraction of sp³-hybridized carbons (Fsp3) is 0.647. The second-order valence-electron chi connectivity index (χ2n) is 6.68. The lowest BCUT2D eigenvalue weighted by molar-refractivity contribution is 0.489. The molecule has 0 aliphatic heterocycles. The molecule has 1 aliphatic carbocycles. The number of hydrogen-bond donors (Lipinski definition) is 1. The van der Waals surface area contributed by atoms with E-state index in [-0.39, 0.29) is 5.41 Å². The second kappa shape index (κ2) is 5.34. The van der Waals surface area contributed by atoms with Crippen molar-refractivity contribution in [3.05, 3.63) is 29.8 Å². The van der Waals surface area contributed by atoms with Crippen molar-refractivity contribution in [3.8, 4) is 0 Å². The Bertz CT molecular complexity index is 372. The molecule has 1 saturated carbocycles. The third-order valence-electron chi connectivity index (χ3n) is 4.29. The Morgan fingerprint density at radius 1 is 1.11 bits per heavy atom.